The molecule has 39 heavy (non-hydrogen) atoms. The number of amides is 2. The monoisotopic (exact) mass is 575 g/mol. The minimum absolute atomic E-state index is 0.0317. The summed E-state index contributed by atoms with van der Waals surface area (Å²) in [5, 5.41) is 29.5. The van der Waals surface area contributed by atoms with Crippen LogP contribution in [0.5, 0.6) is 0 Å². The molecule has 4 rings (SSSR count). The fourth-order valence-electron chi connectivity index (χ4n) is 3.69. The molecule has 2 aromatic heterocycles. The van der Waals surface area contributed by atoms with Gasteiger partial charge in [-0.1, -0.05) is 11.2 Å². The highest BCUT2D eigenvalue weighted by Gasteiger charge is 2.54. The van der Waals surface area contributed by atoms with Crippen molar-refractivity contribution in [3.8, 4) is 0 Å². The van der Waals surface area contributed by atoms with E-state index in [9.17, 15) is 29.4 Å². The molecule has 2 aliphatic rings. The number of rotatable bonds is 11. The van der Waals surface area contributed by atoms with Crippen LogP contribution in [-0.2, 0) is 30.6 Å². The lowest BCUT2D eigenvalue weighted by molar-refractivity contribution is -0.161. The lowest BCUT2D eigenvalue weighted by Gasteiger charge is -2.49. The first-order valence-corrected chi connectivity index (χ1v) is 13.4. The molecule has 2 aliphatic heterocycles. The van der Waals surface area contributed by atoms with Crippen LogP contribution in [0.3, 0.4) is 0 Å². The number of nitrogens with zero attached hydrogens (tertiary/aromatic N) is 4. The molecule has 0 aliphatic carbocycles. The Morgan fingerprint density at radius 2 is 2.08 bits per heavy atom. The molecule has 0 saturated carbocycles. The number of β-lactam (4-membered cyclic amide) rings is 1. The number of nitrogens with two attached hydrogens (primary N) is 1. The summed E-state index contributed by atoms with van der Waals surface area (Å²) in [6.45, 7) is 3.21. The number of nitrogens with one attached hydrogen (secondary N) is 2. The van der Waals surface area contributed by atoms with E-state index in [1.165, 1.54) is 31.0 Å². The van der Waals surface area contributed by atoms with Crippen LogP contribution in [0.15, 0.2) is 46.3 Å². The molecule has 0 spiro atoms. The third-order valence-electron chi connectivity index (χ3n) is 5.79. The standard InChI is InChI=1S/C23H25N7O7S2/c1-23(2,21(35)36)37-29-14(13-10-39-22(24)27-13)17(31)28-15-18(32)30-16(20(33)34)12(9-38-19(15)30)8-26-7-11-4-3-5-25-6-11/h3-6,10,15,19,26H,7-9H2,1-2H3,(H2,24,27)(H,28,31)(H,33,34)(H,35,36)/b29-14-/t15?,19-/m0/s1. The molecule has 16 heteroatoms. The van der Waals surface area contributed by atoms with E-state index in [2.05, 4.69) is 25.8 Å². The molecule has 14 nitrogen and oxygen atoms in total. The molecular weight excluding hydrogens is 550 g/mol. The number of hydrogen-bond donors (Lipinski definition) is 5. The first-order chi connectivity index (χ1) is 18.5. The molecule has 0 bridgehead atoms. The van der Waals surface area contributed by atoms with E-state index in [1.807, 2.05) is 6.07 Å². The summed E-state index contributed by atoms with van der Waals surface area (Å²) < 4.78 is 0. The Bertz CT molecular complexity index is 1360. The average molecular weight is 576 g/mol. The first kappa shape index (κ1) is 28.0. The van der Waals surface area contributed by atoms with Crippen LogP contribution in [0.25, 0.3) is 0 Å². The normalized spacial score (nSPS) is 19.3. The molecule has 2 aromatic rings. The van der Waals surface area contributed by atoms with Crippen LogP contribution in [-0.4, -0.2) is 83.9 Å². The van der Waals surface area contributed by atoms with Gasteiger partial charge in [-0.2, -0.15) is 0 Å². The largest absolute Gasteiger partial charge is 0.478 e. The van der Waals surface area contributed by atoms with Crippen molar-refractivity contribution in [2.75, 3.05) is 18.0 Å². The van der Waals surface area contributed by atoms with Crippen LogP contribution in [0.2, 0.25) is 0 Å². The van der Waals surface area contributed by atoms with Gasteiger partial charge in [-0.05, 0) is 31.1 Å². The van der Waals surface area contributed by atoms with Crippen molar-refractivity contribution in [2.45, 2.75) is 37.4 Å². The van der Waals surface area contributed by atoms with Gasteiger partial charge in [0.05, 0.1) is 0 Å². The summed E-state index contributed by atoms with van der Waals surface area (Å²) in [4.78, 5) is 64.0. The summed E-state index contributed by atoms with van der Waals surface area (Å²) >= 11 is 2.34. The maximum absolute atomic E-state index is 13.1. The summed E-state index contributed by atoms with van der Waals surface area (Å²) in [5.74, 6) is -3.70. The predicted octanol–water partition coefficient (Wildman–Crippen LogP) is 0.233. The maximum atomic E-state index is 13.1. The number of fused-ring (bicyclic) bond motifs is 1. The Balaban J connectivity index is 1.48. The minimum atomic E-state index is -1.75. The summed E-state index contributed by atoms with van der Waals surface area (Å²) in [5.41, 5.74) is 4.91. The molecule has 1 fully saturated rings. The van der Waals surface area contributed by atoms with E-state index in [4.69, 9.17) is 10.6 Å². The quantitative estimate of drug-likeness (QED) is 0.139. The number of nitrogen functional groups attached to an aromatic ring is 1. The summed E-state index contributed by atoms with van der Waals surface area (Å²) in [7, 11) is 0. The third kappa shape index (κ3) is 6.02. The van der Waals surface area contributed by atoms with Crippen molar-refractivity contribution < 1.29 is 34.2 Å². The number of hydrogen-bond acceptors (Lipinski definition) is 12. The zero-order valence-corrected chi connectivity index (χ0v) is 22.4. The minimum Gasteiger partial charge on any atom is -0.478 e. The van der Waals surface area contributed by atoms with Gasteiger partial charge in [0.15, 0.2) is 10.8 Å². The molecule has 0 aromatic carbocycles. The van der Waals surface area contributed by atoms with Crippen LogP contribution < -0.4 is 16.4 Å². The topological polar surface area (TPSA) is 209 Å². The number of thiazole rings is 1. The molecule has 4 heterocycles. The Morgan fingerprint density at radius 3 is 2.69 bits per heavy atom. The Labute approximate surface area is 230 Å². The van der Waals surface area contributed by atoms with Gasteiger partial charge in [0.1, 0.15) is 22.8 Å². The van der Waals surface area contributed by atoms with Gasteiger partial charge in [0.2, 0.25) is 5.60 Å². The molecule has 0 radical (unpaired) electrons. The highest BCUT2D eigenvalue weighted by atomic mass is 32.2. The van der Waals surface area contributed by atoms with Gasteiger partial charge in [-0.15, -0.1) is 23.1 Å². The van der Waals surface area contributed by atoms with Gasteiger partial charge in [0.25, 0.3) is 11.8 Å². The summed E-state index contributed by atoms with van der Waals surface area (Å²) in [6.07, 6.45) is 3.35. The number of pyridine rings is 1. The van der Waals surface area contributed by atoms with E-state index in [1.54, 1.807) is 18.5 Å². The Morgan fingerprint density at radius 1 is 1.31 bits per heavy atom. The number of carboxylic acid groups (broad SMARTS) is 2. The van der Waals surface area contributed by atoms with Crippen molar-refractivity contribution in [3.05, 3.63) is 52.4 Å². The van der Waals surface area contributed by atoms with E-state index in [0.717, 1.165) is 21.8 Å². The number of anilines is 1. The maximum Gasteiger partial charge on any atom is 0.352 e. The highest BCUT2D eigenvalue weighted by Crippen LogP contribution is 2.40. The zero-order valence-electron chi connectivity index (χ0n) is 20.8. The van der Waals surface area contributed by atoms with E-state index in [0.29, 0.717) is 17.9 Å². The second-order valence-electron chi connectivity index (χ2n) is 9.00. The van der Waals surface area contributed by atoms with Crippen LogP contribution in [0.1, 0.15) is 25.1 Å². The fraction of sp³-hybridized carbons (Fsp3) is 0.348. The van der Waals surface area contributed by atoms with E-state index in [-0.39, 0.29) is 28.8 Å². The highest BCUT2D eigenvalue weighted by molar-refractivity contribution is 8.00. The fourth-order valence-corrected chi connectivity index (χ4v) is 5.58. The number of carbonyl (C=O) groups is 4. The third-order valence-corrected chi connectivity index (χ3v) is 7.80. The van der Waals surface area contributed by atoms with E-state index >= 15 is 0 Å². The van der Waals surface area contributed by atoms with Crippen molar-refractivity contribution in [1.29, 1.82) is 0 Å². The van der Waals surface area contributed by atoms with Gasteiger partial charge < -0.3 is 31.4 Å². The number of oxime groups is 1. The molecule has 1 unspecified atom stereocenters. The average Bonchev–Trinajstić information content (AvgIpc) is 3.32. The van der Waals surface area contributed by atoms with Gasteiger partial charge in [-0.25, -0.2) is 14.6 Å². The van der Waals surface area contributed by atoms with Crippen LogP contribution >= 0.6 is 23.1 Å². The Hall–Kier alpha value is -4.02. The molecule has 2 amide bonds. The number of carbonyl (C=O) groups excluding carboxylic acids is 2. The van der Waals surface area contributed by atoms with Crippen LogP contribution in [0.4, 0.5) is 5.13 Å². The summed E-state index contributed by atoms with van der Waals surface area (Å²) in [6, 6.07) is 2.64. The second-order valence-corrected chi connectivity index (χ2v) is 11.0. The van der Waals surface area contributed by atoms with Crippen molar-refractivity contribution in [2.24, 2.45) is 5.16 Å². The second kappa shape index (κ2) is 11.4. The SMILES string of the molecule is CC(C)(O/N=C(\C(=O)NC1C(=O)N2C(C(=O)O)=C(CNCc3cccnc3)CS[C@@H]12)c1csc(N)n1)C(=O)O. The van der Waals surface area contributed by atoms with E-state index < -0.39 is 40.8 Å². The van der Waals surface area contributed by atoms with Crippen molar-refractivity contribution >= 4 is 57.7 Å². The molecule has 2 atom stereocenters. The van der Waals surface area contributed by atoms with Crippen molar-refractivity contribution in [1.82, 2.24) is 25.5 Å². The smallest absolute Gasteiger partial charge is 0.352 e. The molecular formula is C23H25N7O7S2. The molecule has 206 valence electrons. The number of carboxylic acids is 2. The number of aliphatic carboxylic acids is 2. The molecule has 1 saturated heterocycles. The van der Waals surface area contributed by atoms with Gasteiger partial charge in [-0.3, -0.25) is 19.5 Å². The Kier molecular flexibility index (Phi) is 8.17. The van der Waals surface area contributed by atoms with Crippen LogP contribution in [0, 0.1) is 0 Å². The zero-order chi connectivity index (χ0) is 28.3. The van der Waals surface area contributed by atoms with Gasteiger partial charge >= 0.3 is 11.9 Å². The number of thioether (sulfide) groups is 1. The lowest BCUT2D eigenvalue weighted by atomic mass is 10.0. The van der Waals surface area contributed by atoms with Crippen molar-refractivity contribution in [3.63, 3.8) is 0 Å². The van der Waals surface area contributed by atoms with Gasteiger partial charge in [0, 0.05) is 36.6 Å². The molecule has 6 N–H and O–H groups in total. The lowest BCUT2D eigenvalue weighted by Crippen LogP contribution is -2.71. The predicted molar refractivity (Wildman–Crippen MR) is 141 cm³/mol. The number of aromatic nitrogens is 2. The first-order valence-electron chi connectivity index (χ1n) is 11.5.